The summed E-state index contributed by atoms with van der Waals surface area (Å²) in [6, 6.07) is 6.29. The van der Waals surface area contributed by atoms with Crippen LogP contribution in [0.3, 0.4) is 0 Å². The van der Waals surface area contributed by atoms with Gasteiger partial charge in [0.25, 0.3) is 0 Å². The van der Waals surface area contributed by atoms with Crippen molar-refractivity contribution in [3.8, 4) is 0 Å². The van der Waals surface area contributed by atoms with Gasteiger partial charge in [-0.1, -0.05) is 12.6 Å². The summed E-state index contributed by atoms with van der Waals surface area (Å²) in [7, 11) is 1.98. The van der Waals surface area contributed by atoms with Gasteiger partial charge in [-0.25, -0.2) is 0 Å². The van der Waals surface area contributed by atoms with Crippen LogP contribution in [0.1, 0.15) is 5.56 Å². The monoisotopic (exact) mass is 190 g/mol. The van der Waals surface area contributed by atoms with Gasteiger partial charge in [0.15, 0.2) is 0 Å². The fourth-order valence-corrected chi connectivity index (χ4v) is 1.46. The molecule has 74 valence electrons. The van der Waals surface area contributed by atoms with Gasteiger partial charge in [-0.05, 0) is 23.9 Å². The Morgan fingerprint density at radius 3 is 3.21 bits per heavy atom. The summed E-state index contributed by atoms with van der Waals surface area (Å²) in [6.07, 6.45) is 1.70. The third-order valence-corrected chi connectivity index (χ3v) is 2.23. The maximum Gasteiger partial charge on any atom is 0.0782 e. The molecule has 0 radical (unpaired) electrons. The smallest absolute Gasteiger partial charge is 0.0782 e. The molecule has 4 heteroatoms. The third kappa shape index (κ3) is 1.52. The van der Waals surface area contributed by atoms with Crippen LogP contribution in [0, 0.1) is 0 Å². The van der Waals surface area contributed by atoms with E-state index in [0.717, 1.165) is 17.9 Å². The average Bonchev–Trinajstić information content (AvgIpc) is 2.57. The highest BCUT2D eigenvalue weighted by atomic mass is 15.7. The van der Waals surface area contributed by atoms with Crippen molar-refractivity contribution in [1.82, 2.24) is 10.9 Å². The summed E-state index contributed by atoms with van der Waals surface area (Å²) in [6.45, 7) is 4.43. The zero-order valence-electron chi connectivity index (χ0n) is 8.17. The number of benzene rings is 1. The fourth-order valence-electron chi connectivity index (χ4n) is 1.46. The Balaban J connectivity index is 2.21. The van der Waals surface area contributed by atoms with Crippen LogP contribution in [0.2, 0.25) is 0 Å². The summed E-state index contributed by atoms with van der Waals surface area (Å²) in [5.74, 6) is 0. The molecule has 0 spiro atoms. The van der Waals surface area contributed by atoms with Crippen molar-refractivity contribution in [3.05, 3.63) is 36.5 Å². The average molecular weight is 190 g/mol. The molecule has 0 atom stereocenters. The predicted octanol–water partition coefficient (Wildman–Crippen LogP) is 1.20. The van der Waals surface area contributed by atoms with E-state index in [9.17, 15) is 0 Å². The number of hydrogen-bond donors (Lipinski definition) is 3. The number of hydrogen-bond acceptors (Lipinski definition) is 4. The quantitative estimate of drug-likeness (QED) is 0.669. The van der Waals surface area contributed by atoms with E-state index in [-0.39, 0.29) is 0 Å². The number of rotatable bonds is 3. The van der Waals surface area contributed by atoms with E-state index in [2.05, 4.69) is 41.1 Å². The van der Waals surface area contributed by atoms with Crippen LogP contribution in [0.4, 0.5) is 11.4 Å². The van der Waals surface area contributed by atoms with Crippen LogP contribution < -0.4 is 21.3 Å². The van der Waals surface area contributed by atoms with Crippen LogP contribution in [0.25, 0.3) is 0 Å². The Bertz CT molecular complexity index is 348. The van der Waals surface area contributed by atoms with Gasteiger partial charge < -0.3 is 10.7 Å². The molecule has 0 aromatic heterocycles. The van der Waals surface area contributed by atoms with Crippen LogP contribution in [0.5, 0.6) is 0 Å². The molecule has 3 N–H and O–H groups in total. The molecule has 1 aromatic rings. The van der Waals surface area contributed by atoms with Crippen LogP contribution in [-0.4, -0.2) is 7.05 Å². The second-order valence-corrected chi connectivity index (χ2v) is 3.23. The van der Waals surface area contributed by atoms with E-state index in [1.165, 1.54) is 5.56 Å². The molecule has 0 saturated heterocycles. The molecule has 0 saturated carbocycles. The minimum absolute atomic E-state index is 0.810. The van der Waals surface area contributed by atoms with Gasteiger partial charge in [-0.3, -0.25) is 5.01 Å². The molecule has 1 aliphatic rings. The largest absolute Gasteiger partial charge is 0.387 e. The first-order valence-electron chi connectivity index (χ1n) is 4.54. The van der Waals surface area contributed by atoms with Crippen molar-refractivity contribution in [2.45, 2.75) is 6.54 Å². The lowest BCUT2D eigenvalue weighted by atomic mass is 10.1. The molecule has 2 rings (SSSR count). The number of anilines is 2. The SMILES string of the molecule is C=CNCc1ccc2c(c1)N(C)NN2. The first-order chi connectivity index (χ1) is 6.81. The minimum Gasteiger partial charge on any atom is -0.387 e. The topological polar surface area (TPSA) is 39.3 Å². The van der Waals surface area contributed by atoms with Crippen molar-refractivity contribution in [3.63, 3.8) is 0 Å². The Hall–Kier alpha value is -1.68. The van der Waals surface area contributed by atoms with Gasteiger partial charge in [-0.2, -0.15) is 0 Å². The summed E-state index contributed by atoms with van der Waals surface area (Å²) in [4.78, 5) is 0. The number of nitrogens with one attached hydrogen (secondary N) is 3. The molecule has 0 bridgehead atoms. The molecular weight excluding hydrogens is 176 g/mol. The third-order valence-electron chi connectivity index (χ3n) is 2.23. The zero-order valence-corrected chi connectivity index (χ0v) is 8.17. The summed E-state index contributed by atoms with van der Waals surface area (Å²) < 4.78 is 0. The molecule has 1 aliphatic heterocycles. The van der Waals surface area contributed by atoms with Gasteiger partial charge in [-0.15, -0.1) is 5.53 Å². The van der Waals surface area contributed by atoms with Gasteiger partial charge in [0.2, 0.25) is 0 Å². The van der Waals surface area contributed by atoms with E-state index in [1.807, 2.05) is 12.1 Å². The maximum atomic E-state index is 3.62. The standard InChI is InChI=1S/C10H14N4/c1-3-11-7-8-4-5-9-10(6-8)14(2)13-12-9/h3-6,11-13H,1,7H2,2H3. The van der Waals surface area contributed by atoms with Gasteiger partial charge in [0.05, 0.1) is 11.4 Å². The van der Waals surface area contributed by atoms with E-state index in [4.69, 9.17) is 0 Å². The highest BCUT2D eigenvalue weighted by Gasteiger charge is 2.13. The van der Waals surface area contributed by atoms with Crippen molar-refractivity contribution < 1.29 is 0 Å². The van der Waals surface area contributed by atoms with Crippen LogP contribution in [-0.2, 0) is 6.54 Å². The molecule has 0 fully saturated rings. The summed E-state index contributed by atoms with van der Waals surface area (Å²) in [5.41, 5.74) is 9.58. The second kappa shape index (κ2) is 3.59. The molecule has 0 aliphatic carbocycles. The van der Waals surface area contributed by atoms with Crippen LogP contribution in [0.15, 0.2) is 31.0 Å². The Labute approximate surface area is 83.5 Å². The fraction of sp³-hybridized carbons (Fsp3) is 0.200. The van der Waals surface area contributed by atoms with Gasteiger partial charge in [0, 0.05) is 13.6 Å². The minimum atomic E-state index is 0.810. The van der Waals surface area contributed by atoms with Gasteiger partial charge >= 0.3 is 0 Å². The molecule has 4 nitrogen and oxygen atoms in total. The molecular formula is C10H14N4. The van der Waals surface area contributed by atoms with E-state index in [0.29, 0.717) is 0 Å². The Morgan fingerprint density at radius 2 is 2.43 bits per heavy atom. The zero-order chi connectivity index (χ0) is 9.97. The van der Waals surface area contributed by atoms with E-state index < -0.39 is 0 Å². The van der Waals surface area contributed by atoms with E-state index in [1.54, 1.807) is 6.20 Å². The lowest BCUT2D eigenvalue weighted by molar-refractivity contribution is 0.818. The Kier molecular flexibility index (Phi) is 2.28. The highest BCUT2D eigenvalue weighted by molar-refractivity contribution is 5.73. The molecule has 14 heavy (non-hydrogen) atoms. The Morgan fingerprint density at radius 1 is 1.57 bits per heavy atom. The van der Waals surface area contributed by atoms with E-state index >= 15 is 0 Å². The number of fused-ring (bicyclic) bond motifs is 1. The van der Waals surface area contributed by atoms with Crippen molar-refractivity contribution in [2.75, 3.05) is 17.5 Å². The first-order valence-corrected chi connectivity index (χ1v) is 4.54. The summed E-state index contributed by atoms with van der Waals surface area (Å²) in [5, 5.41) is 5.03. The van der Waals surface area contributed by atoms with Crippen LogP contribution >= 0.6 is 0 Å². The normalized spacial score (nSPS) is 13.4. The molecule has 1 aromatic carbocycles. The molecule has 1 heterocycles. The van der Waals surface area contributed by atoms with Crippen molar-refractivity contribution >= 4 is 11.4 Å². The molecule has 0 amide bonds. The summed E-state index contributed by atoms with van der Waals surface area (Å²) >= 11 is 0. The lowest BCUT2D eigenvalue weighted by Crippen LogP contribution is -2.31. The first kappa shape index (κ1) is 8.90. The second-order valence-electron chi connectivity index (χ2n) is 3.23. The van der Waals surface area contributed by atoms with Gasteiger partial charge in [0.1, 0.15) is 0 Å². The number of hydrazine groups is 2. The maximum absolute atomic E-state index is 3.62. The highest BCUT2D eigenvalue weighted by Crippen LogP contribution is 2.28. The van der Waals surface area contributed by atoms with Crippen molar-refractivity contribution in [2.24, 2.45) is 0 Å². The molecule has 0 unspecified atom stereocenters. The predicted molar refractivity (Wildman–Crippen MR) is 58.6 cm³/mol. The number of nitrogens with zero attached hydrogens (tertiary/aromatic N) is 1. The lowest BCUT2D eigenvalue weighted by Gasteiger charge is -2.10. The van der Waals surface area contributed by atoms with Crippen molar-refractivity contribution in [1.29, 1.82) is 0 Å².